The molecule has 0 fully saturated rings. The van der Waals surface area contributed by atoms with Crippen LogP contribution >= 0.6 is 0 Å². The first kappa shape index (κ1) is 22.9. The number of hydrogen-bond donors (Lipinski definition) is 3. The normalized spacial score (nSPS) is 11.3. The molecule has 2 aromatic rings. The fraction of sp³-hybridized carbons (Fsp3) is 0.348. The summed E-state index contributed by atoms with van der Waals surface area (Å²) in [7, 11) is 0. The smallest absolute Gasteiger partial charge is 0.279 e. The van der Waals surface area contributed by atoms with Crippen LogP contribution in [0.25, 0.3) is 0 Å². The quantitative estimate of drug-likeness (QED) is 0.581. The molecule has 160 valence electrons. The lowest BCUT2D eigenvalue weighted by Crippen LogP contribution is -2.48. The van der Waals surface area contributed by atoms with Gasteiger partial charge in [0.05, 0.1) is 0 Å². The highest BCUT2D eigenvalue weighted by molar-refractivity contribution is 5.94. The standard InChI is InChI=1S/C23H29N3O4/c1-5-20(30-18-10-7-15(2)8-11-18)23(29)26-25-22(28)13-12-21(27)24-19-14-16(3)6-9-17(19)4/h6-11,14,20H,5,12-13H2,1-4H3,(H,24,27)(H,25,28)(H,26,29). The number of hydrazine groups is 1. The van der Waals surface area contributed by atoms with Crippen LogP contribution in [0.15, 0.2) is 42.5 Å². The average Bonchev–Trinajstić information content (AvgIpc) is 2.72. The third-order valence-corrected chi connectivity index (χ3v) is 4.53. The fourth-order valence-corrected chi connectivity index (χ4v) is 2.69. The van der Waals surface area contributed by atoms with Gasteiger partial charge in [0.15, 0.2) is 6.10 Å². The predicted molar refractivity (Wildman–Crippen MR) is 116 cm³/mol. The molecule has 0 saturated carbocycles. The lowest BCUT2D eigenvalue weighted by Gasteiger charge is -2.17. The Kier molecular flexibility index (Phi) is 8.41. The lowest BCUT2D eigenvalue weighted by atomic mass is 10.1. The number of carbonyl (C=O) groups is 3. The van der Waals surface area contributed by atoms with Gasteiger partial charge in [-0.1, -0.05) is 36.8 Å². The van der Waals surface area contributed by atoms with Crippen molar-refractivity contribution >= 4 is 23.4 Å². The van der Waals surface area contributed by atoms with Crippen LogP contribution < -0.4 is 20.9 Å². The van der Waals surface area contributed by atoms with Crippen molar-refractivity contribution in [3.05, 3.63) is 59.2 Å². The number of carbonyl (C=O) groups excluding carboxylic acids is 3. The van der Waals surface area contributed by atoms with E-state index in [2.05, 4.69) is 16.2 Å². The molecular formula is C23H29N3O4. The zero-order valence-corrected chi connectivity index (χ0v) is 17.9. The minimum atomic E-state index is -0.736. The molecule has 3 N–H and O–H groups in total. The van der Waals surface area contributed by atoms with E-state index in [1.54, 1.807) is 12.1 Å². The van der Waals surface area contributed by atoms with Gasteiger partial charge >= 0.3 is 0 Å². The van der Waals surface area contributed by atoms with Gasteiger partial charge in [-0.2, -0.15) is 0 Å². The number of anilines is 1. The Bertz CT molecular complexity index is 894. The molecule has 0 aliphatic rings. The summed E-state index contributed by atoms with van der Waals surface area (Å²) in [6.07, 6.45) is -0.340. The van der Waals surface area contributed by atoms with Crippen molar-refractivity contribution in [2.45, 2.75) is 53.1 Å². The summed E-state index contributed by atoms with van der Waals surface area (Å²) in [6, 6.07) is 13.1. The molecular weight excluding hydrogens is 382 g/mol. The van der Waals surface area contributed by atoms with Crippen molar-refractivity contribution in [1.29, 1.82) is 0 Å². The van der Waals surface area contributed by atoms with Crippen molar-refractivity contribution in [3.63, 3.8) is 0 Å². The van der Waals surface area contributed by atoms with E-state index in [-0.39, 0.29) is 18.7 Å². The number of nitrogens with one attached hydrogen (secondary N) is 3. The number of amides is 3. The molecule has 2 aromatic carbocycles. The monoisotopic (exact) mass is 411 g/mol. The number of benzene rings is 2. The third-order valence-electron chi connectivity index (χ3n) is 4.53. The maximum absolute atomic E-state index is 12.3. The van der Waals surface area contributed by atoms with E-state index >= 15 is 0 Å². The van der Waals surface area contributed by atoms with Gasteiger partial charge in [-0.05, 0) is 56.5 Å². The van der Waals surface area contributed by atoms with E-state index in [1.165, 1.54) is 0 Å². The highest BCUT2D eigenvalue weighted by Gasteiger charge is 2.19. The van der Waals surface area contributed by atoms with Crippen LogP contribution in [0.1, 0.15) is 42.9 Å². The first-order valence-electron chi connectivity index (χ1n) is 9.97. The number of rotatable bonds is 8. The summed E-state index contributed by atoms with van der Waals surface area (Å²) in [5, 5.41) is 2.80. The van der Waals surface area contributed by atoms with Crippen LogP contribution in [0.4, 0.5) is 5.69 Å². The van der Waals surface area contributed by atoms with Gasteiger partial charge in [-0.25, -0.2) is 0 Å². The molecule has 30 heavy (non-hydrogen) atoms. The Balaban J connectivity index is 1.75. The van der Waals surface area contributed by atoms with E-state index < -0.39 is 17.9 Å². The first-order valence-corrected chi connectivity index (χ1v) is 9.97. The van der Waals surface area contributed by atoms with Crippen LogP contribution in [0.2, 0.25) is 0 Å². The highest BCUT2D eigenvalue weighted by Crippen LogP contribution is 2.17. The number of ether oxygens (including phenoxy) is 1. The maximum Gasteiger partial charge on any atom is 0.279 e. The molecule has 0 spiro atoms. The summed E-state index contributed by atoms with van der Waals surface area (Å²) in [4.78, 5) is 36.4. The van der Waals surface area contributed by atoms with Gasteiger partial charge < -0.3 is 10.1 Å². The van der Waals surface area contributed by atoms with E-state index in [1.807, 2.05) is 58.0 Å². The highest BCUT2D eigenvalue weighted by atomic mass is 16.5. The average molecular weight is 412 g/mol. The molecule has 0 saturated heterocycles. The Hall–Kier alpha value is -3.35. The van der Waals surface area contributed by atoms with Gasteiger partial charge in [0.2, 0.25) is 11.8 Å². The number of hydrogen-bond acceptors (Lipinski definition) is 4. The summed E-state index contributed by atoms with van der Waals surface area (Å²) in [5.74, 6) is -0.590. The Morgan fingerprint density at radius 1 is 0.867 bits per heavy atom. The molecule has 0 aromatic heterocycles. The zero-order chi connectivity index (χ0) is 22.1. The van der Waals surface area contributed by atoms with Crippen LogP contribution in [-0.2, 0) is 14.4 Å². The molecule has 1 unspecified atom stereocenters. The van der Waals surface area contributed by atoms with Gasteiger partial charge in [0.25, 0.3) is 5.91 Å². The van der Waals surface area contributed by atoms with E-state index in [4.69, 9.17) is 4.74 Å². The largest absolute Gasteiger partial charge is 0.481 e. The van der Waals surface area contributed by atoms with Crippen LogP contribution in [0.5, 0.6) is 5.75 Å². The molecule has 0 heterocycles. The van der Waals surface area contributed by atoms with Crippen molar-refractivity contribution in [3.8, 4) is 5.75 Å². The predicted octanol–water partition coefficient (Wildman–Crippen LogP) is 3.34. The van der Waals surface area contributed by atoms with E-state index in [9.17, 15) is 14.4 Å². The van der Waals surface area contributed by atoms with E-state index in [0.29, 0.717) is 12.2 Å². The molecule has 7 heteroatoms. The molecule has 3 amide bonds. The van der Waals surface area contributed by atoms with Gasteiger partial charge in [0, 0.05) is 18.5 Å². The van der Waals surface area contributed by atoms with Gasteiger partial charge in [-0.15, -0.1) is 0 Å². The number of aryl methyl sites for hydroxylation is 3. The molecule has 2 rings (SSSR count). The SMILES string of the molecule is CCC(Oc1ccc(C)cc1)C(=O)NNC(=O)CCC(=O)Nc1cc(C)ccc1C. The molecule has 7 nitrogen and oxygen atoms in total. The first-order chi connectivity index (χ1) is 14.3. The summed E-state index contributed by atoms with van der Waals surface area (Å²) in [6.45, 7) is 7.63. The molecule has 0 aliphatic carbocycles. The van der Waals surface area contributed by atoms with Crippen molar-refractivity contribution < 1.29 is 19.1 Å². The lowest BCUT2D eigenvalue weighted by molar-refractivity contribution is -0.133. The van der Waals surface area contributed by atoms with Crippen molar-refractivity contribution in [2.24, 2.45) is 0 Å². The Morgan fingerprint density at radius 2 is 1.50 bits per heavy atom. The summed E-state index contributed by atoms with van der Waals surface area (Å²) < 4.78 is 5.67. The molecule has 0 aliphatic heterocycles. The van der Waals surface area contributed by atoms with Gasteiger partial charge in [0.1, 0.15) is 5.75 Å². The zero-order valence-electron chi connectivity index (χ0n) is 17.9. The van der Waals surface area contributed by atoms with E-state index in [0.717, 1.165) is 22.4 Å². The minimum Gasteiger partial charge on any atom is -0.481 e. The summed E-state index contributed by atoms with van der Waals surface area (Å²) in [5.41, 5.74) is 8.50. The molecule has 0 radical (unpaired) electrons. The second-order valence-corrected chi connectivity index (χ2v) is 7.23. The van der Waals surface area contributed by atoms with Crippen LogP contribution in [-0.4, -0.2) is 23.8 Å². The second-order valence-electron chi connectivity index (χ2n) is 7.23. The molecule has 1 atom stereocenters. The Labute approximate surface area is 177 Å². The second kappa shape index (κ2) is 11.0. The van der Waals surface area contributed by atoms with Gasteiger partial charge in [-0.3, -0.25) is 25.2 Å². The van der Waals surface area contributed by atoms with Crippen molar-refractivity contribution in [2.75, 3.05) is 5.32 Å². The molecule has 0 bridgehead atoms. The van der Waals surface area contributed by atoms with Crippen molar-refractivity contribution in [1.82, 2.24) is 10.9 Å². The Morgan fingerprint density at radius 3 is 2.17 bits per heavy atom. The maximum atomic E-state index is 12.3. The van der Waals surface area contributed by atoms with Crippen LogP contribution in [0, 0.1) is 20.8 Å². The minimum absolute atomic E-state index is 0.00611. The third kappa shape index (κ3) is 7.24. The topological polar surface area (TPSA) is 96.5 Å². The fourth-order valence-electron chi connectivity index (χ4n) is 2.69. The van der Waals surface area contributed by atoms with Crippen LogP contribution in [0.3, 0.4) is 0 Å². The summed E-state index contributed by atoms with van der Waals surface area (Å²) >= 11 is 0.